The van der Waals surface area contributed by atoms with E-state index in [1.807, 2.05) is 19.1 Å². The van der Waals surface area contributed by atoms with Crippen molar-refractivity contribution >= 4 is 34.3 Å². The molecule has 1 aromatic heterocycles. The summed E-state index contributed by atoms with van der Waals surface area (Å²) >= 11 is 1.19. The van der Waals surface area contributed by atoms with Crippen LogP contribution < -0.4 is 4.90 Å². The molecule has 0 N–H and O–H groups in total. The Balaban J connectivity index is 1.77. The Morgan fingerprint density at radius 2 is 2.03 bits per heavy atom. The monoisotopic (exact) mass is 433 g/mol. The molecule has 2 aliphatic heterocycles. The summed E-state index contributed by atoms with van der Waals surface area (Å²) < 4.78 is 13.9. The molecule has 0 radical (unpaired) electrons. The molecule has 1 saturated heterocycles. The Bertz CT molecular complexity index is 1200. The zero-order valence-corrected chi connectivity index (χ0v) is 17.3. The summed E-state index contributed by atoms with van der Waals surface area (Å²) in [6, 6.07) is 8.47. The number of benzene rings is 1. The van der Waals surface area contributed by atoms with Crippen molar-refractivity contribution in [2.75, 3.05) is 11.4 Å². The maximum absolute atomic E-state index is 13.9. The Kier molecular flexibility index (Phi) is 5.45. The topological polar surface area (TPSA) is 101 Å². The summed E-state index contributed by atoms with van der Waals surface area (Å²) in [5, 5.41) is 17.8. The van der Waals surface area contributed by atoms with Gasteiger partial charge in [-0.1, -0.05) is 0 Å². The van der Waals surface area contributed by atoms with E-state index in [1.54, 1.807) is 18.3 Å². The van der Waals surface area contributed by atoms with Gasteiger partial charge in [0.05, 0.1) is 42.0 Å². The fourth-order valence-electron chi connectivity index (χ4n) is 3.70. The van der Waals surface area contributed by atoms with E-state index >= 15 is 0 Å². The molecular formula is C22H16FN5O2S. The molecule has 2 aromatic rings. The first-order valence-electron chi connectivity index (χ1n) is 9.46. The zero-order chi connectivity index (χ0) is 22.1. The van der Waals surface area contributed by atoms with Crippen molar-refractivity contribution in [1.29, 1.82) is 10.5 Å². The molecule has 0 aliphatic carbocycles. The number of carbonyl (C=O) groups excluding carboxylic acids is 2. The standard InChI is InChI=1S/C22H16FN5O2S/c1-13-7-16(12-26-11-13)28-21(29)20-18(27(22(28)30)6-2-5-24)9-19(31-20)17-8-15(23)4-3-14(17)10-25/h3-4,7-9,11-12,18,20H,2,6H2,1H3. The van der Waals surface area contributed by atoms with Gasteiger partial charge in [0, 0.05) is 23.2 Å². The molecular weight excluding hydrogens is 417 g/mol. The lowest BCUT2D eigenvalue weighted by atomic mass is 10.0. The Labute approximate surface area is 182 Å². The van der Waals surface area contributed by atoms with Gasteiger partial charge < -0.3 is 4.90 Å². The first-order chi connectivity index (χ1) is 14.9. The number of imide groups is 1. The molecule has 0 saturated carbocycles. The molecule has 1 fully saturated rings. The number of pyridine rings is 1. The minimum Gasteiger partial charge on any atom is -0.315 e. The number of aromatic nitrogens is 1. The van der Waals surface area contributed by atoms with E-state index in [-0.39, 0.29) is 18.5 Å². The van der Waals surface area contributed by atoms with Gasteiger partial charge in [0.2, 0.25) is 0 Å². The van der Waals surface area contributed by atoms with Crippen LogP contribution in [0.1, 0.15) is 23.1 Å². The molecule has 9 heteroatoms. The van der Waals surface area contributed by atoms with Crippen LogP contribution in [0.15, 0.2) is 42.7 Å². The van der Waals surface area contributed by atoms with Crippen LogP contribution >= 0.6 is 11.8 Å². The fraction of sp³-hybridized carbons (Fsp3) is 0.227. The van der Waals surface area contributed by atoms with E-state index < -0.39 is 29.0 Å². The molecule has 154 valence electrons. The molecule has 31 heavy (non-hydrogen) atoms. The molecule has 4 rings (SSSR count). The number of thioether (sulfide) groups is 1. The zero-order valence-electron chi connectivity index (χ0n) is 16.4. The van der Waals surface area contributed by atoms with Crippen LogP contribution in [0.5, 0.6) is 0 Å². The van der Waals surface area contributed by atoms with Gasteiger partial charge in [-0.05, 0) is 42.8 Å². The predicted molar refractivity (Wildman–Crippen MR) is 113 cm³/mol. The highest BCUT2D eigenvalue weighted by Gasteiger charge is 2.49. The summed E-state index contributed by atoms with van der Waals surface area (Å²) in [6.45, 7) is 1.95. The first-order valence-corrected chi connectivity index (χ1v) is 10.3. The summed E-state index contributed by atoms with van der Waals surface area (Å²) in [6.07, 6.45) is 4.88. The number of nitriles is 2. The van der Waals surface area contributed by atoms with Gasteiger partial charge in [0.1, 0.15) is 11.1 Å². The SMILES string of the molecule is Cc1cncc(N2C(=O)C3SC(c4cc(F)ccc4C#N)=CC3N(CCC#N)C2=O)c1. The smallest absolute Gasteiger partial charge is 0.315 e. The van der Waals surface area contributed by atoms with Crippen LogP contribution in [-0.2, 0) is 4.79 Å². The highest BCUT2D eigenvalue weighted by molar-refractivity contribution is 8.09. The quantitative estimate of drug-likeness (QED) is 0.730. The average molecular weight is 433 g/mol. The number of anilines is 1. The van der Waals surface area contributed by atoms with Gasteiger partial charge >= 0.3 is 6.03 Å². The summed E-state index contributed by atoms with van der Waals surface area (Å²) in [5.74, 6) is -0.914. The lowest BCUT2D eigenvalue weighted by Crippen LogP contribution is -2.62. The van der Waals surface area contributed by atoms with Crippen molar-refractivity contribution in [3.63, 3.8) is 0 Å². The number of fused-ring (bicyclic) bond motifs is 1. The van der Waals surface area contributed by atoms with Crippen molar-refractivity contribution < 1.29 is 14.0 Å². The highest BCUT2D eigenvalue weighted by Crippen LogP contribution is 2.45. The molecule has 2 unspecified atom stereocenters. The van der Waals surface area contributed by atoms with Crippen molar-refractivity contribution in [3.8, 4) is 12.1 Å². The minimum absolute atomic E-state index is 0.0975. The predicted octanol–water partition coefficient (Wildman–Crippen LogP) is 3.61. The Morgan fingerprint density at radius 3 is 2.74 bits per heavy atom. The third-order valence-corrected chi connectivity index (χ3v) is 6.44. The number of halogens is 1. The molecule has 2 aliphatic rings. The van der Waals surface area contributed by atoms with Crippen LogP contribution in [0.3, 0.4) is 0 Å². The number of amides is 3. The number of urea groups is 1. The number of carbonyl (C=O) groups is 2. The number of nitrogens with zero attached hydrogens (tertiary/aromatic N) is 5. The lowest BCUT2D eigenvalue weighted by Gasteiger charge is -2.40. The van der Waals surface area contributed by atoms with E-state index in [9.17, 15) is 19.2 Å². The third kappa shape index (κ3) is 3.65. The van der Waals surface area contributed by atoms with Gasteiger partial charge in [0.15, 0.2) is 0 Å². The van der Waals surface area contributed by atoms with Gasteiger partial charge in [-0.2, -0.15) is 10.5 Å². The second-order valence-electron chi connectivity index (χ2n) is 7.14. The van der Waals surface area contributed by atoms with Crippen molar-refractivity contribution in [2.24, 2.45) is 0 Å². The van der Waals surface area contributed by atoms with E-state index in [4.69, 9.17) is 5.26 Å². The van der Waals surface area contributed by atoms with Gasteiger partial charge in [0.25, 0.3) is 5.91 Å². The summed E-state index contributed by atoms with van der Waals surface area (Å²) in [4.78, 5) is 33.8. The van der Waals surface area contributed by atoms with E-state index in [2.05, 4.69) is 4.98 Å². The summed E-state index contributed by atoms with van der Waals surface area (Å²) in [7, 11) is 0. The molecule has 0 spiro atoms. The van der Waals surface area contributed by atoms with Gasteiger partial charge in [-0.25, -0.2) is 14.1 Å². The number of hydrogen-bond acceptors (Lipinski definition) is 6. The molecule has 2 atom stereocenters. The largest absolute Gasteiger partial charge is 0.332 e. The van der Waals surface area contributed by atoms with Gasteiger partial charge in [-0.3, -0.25) is 9.78 Å². The van der Waals surface area contributed by atoms with E-state index in [0.29, 0.717) is 16.2 Å². The van der Waals surface area contributed by atoms with Crippen LogP contribution in [0.4, 0.5) is 14.9 Å². The van der Waals surface area contributed by atoms with Crippen LogP contribution in [0.2, 0.25) is 0 Å². The number of rotatable bonds is 4. The molecule has 1 aromatic carbocycles. The van der Waals surface area contributed by atoms with Crippen LogP contribution in [0, 0.1) is 35.4 Å². The maximum Gasteiger partial charge on any atom is 0.332 e. The number of aryl methyl sites for hydroxylation is 1. The second kappa shape index (κ2) is 8.21. The molecule has 7 nitrogen and oxygen atoms in total. The van der Waals surface area contributed by atoms with E-state index in [1.165, 1.54) is 41.1 Å². The van der Waals surface area contributed by atoms with E-state index in [0.717, 1.165) is 10.5 Å². The van der Waals surface area contributed by atoms with Crippen molar-refractivity contribution in [3.05, 3.63) is 65.2 Å². The minimum atomic E-state index is -0.679. The fourth-order valence-corrected chi connectivity index (χ4v) is 5.06. The molecule has 3 amide bonds. The normalized spacial score (nSPS) is 20.2. The lowest BCUT2D eigenvalue weighted by molar-refractivity contribution is -0.119. The van der Waals surface area contributed by atoms with Crippen molar-refractivity contribution in [1.82, 2.24) is 9.88 Å². The second-order valence-corrected chi connectivity index (χ2v) is 8.32. The molecule has 0 bridgehead atoms. The average Bonchev–Trinajstić information content (AvgIpc) is 3.19. The maximum atomic E-state index is 13.9. The summed E-state index contributed by atoms with van der Waals surface area (Å²) in [5.41, 5.74) is 1.81. The van der Waals surface area contributed by atoms with Gasteiger partial charge in [-0.15, -0.1) is 11.8 Å². The Morgan fingerprint density at radius 1 is 1.23 bits per heavy atom. The third-order valence-electron chi connectivity index (χ3n) is 5.10. The van der Waals surface area contributed by atoms with Crippen molar-refractivity contribution in [2.45, 2.75) is 24.6 Å². The van der Waals surface area contributed by atoms with Crippen LogP contribution in [0.25, 0.3) is 4.91 Å². The molecule has 3 heterocycles. The highest BCUT2D eigenvalue weighted by atomic mass is 32.2. The first kappa shape index (κ1) is 20.6. The van der Waals surface area contributed by atoms with Crippen LogP contribution in [-0.4, -0.2) is 39.7 Å². The Hall–Kier alpha value is -3.69. The number of hydrogen-bond donors (Lipinski definition) is 0.